The van der Waals surface area contributed by atoms with Crippen molar-refractivity contribution in [1.82, 2.24) is 4.98 Å². The average molecular weight is 480 g/mol. The van der Waals surface area contributed by atoms with Crippen molar-refractivity contribution in [2.24, 2.45) is 11.5 Å². The van der Waals surface area contributed by atoms with Crippen molar-refractivity contribution in [3.63, 3.8) is 0 Å². The number of pyridine rings is 1. The summed E-state index contributed by atoms with van der Waals surface area (Å²) in [5.74, 6) is 0. The number of nitrogens with two attached hydrogens (primary N) is 2. The zero-order valence-electron chi connectivity index (χ0n) is 20.5. The molecule has 5 heteroatoms. The zero-order valence-corrected chi connectivity index (χ0v) is 20.5. The van der Waals surface area contributed by atoms with Crippen LogP contribution in [0.4, 0.5) is 0 Å². The van der Waals surface area contributed by atoms with Gasteiger partial charge in [0.2, 0.25) is 0 Å². The summed E-state index contributed by atoms with van der Waals surface area (Å²) in [6, 6.07) is 29.2. The molecule has 6 rings (SSSR count). The minimum Gasteiger partial charge on any atom is -0.372 e. The molecule has 3 aromatic carbocycles. The van der Waals surface area contributed by atoms with Crippen LogP contribution in [0, 0.1) is 0 Å². The van der Waals surface area contributed by atoms with E-state index < -0.39 is 0 Å². The Bertz CT molecular complexity index is 1180. The van der Waals surface area contributed by atoms with E-state index in [1.165, 1.54) is 38.9 Å². The number of benzene rings is 3. The van der Waals surface area contributed by atoms with E-state index in [0.29, 0.717) is 13.1 Å². The van der Waals surface area contributed by atoms with Crippen molar-refractivity contribution in [2.75, 3.05) is 26.3 Å². The van der Waals surface area contributed by atoms with E-state index in [1.807, 2.05) is 30.5 Å². The maximum absolute atomic E-state index is 5.78. The van der Waals surface area contributed by atoms with Crippen LogP contribution in [0.25, 0.3) is 22.4 Å². The Morgan fingerprint density at radius 1 is 0.639 bits per heavy atom. The minimum atomic E-state index is 0.0254. The summed E-state index contributed by atoms with van der Waals surface area (Å²) >= 11 is 0. The lowest BCUT2D eigenvalue weighted by molar-refractivity contribution is 0.0486. The van der Waals surface area contributed by atoms with Crippen molar-refractivity contribution >= 4 is 0 Å². The van der Waals surface area contributed by atoms with Gasteiger partial charge in [0.1, 0.15) is 0 Å². The minimum absolute atomic E-state index is 0.0254. The van der Waals surface area contributed by atoms with E-state index >= 15 is 0 Å². The van der Waals surface area contributed by atoms with E-state index in [0.717, 1.165) is 31.7 Å². The third-order valence-corrected chi connectivity index (χ3v) is 6.91. The van der Waals surface area contributed by atoms with Crippen LogP contribution < -0.4 is 11.5 Å². The normalized spacial score (nSPS) is 18.4. The van der Waals surface area contributed by atoms with Crippen LogP contribution in [0.5, 0.6) is 0 Å². The fourth-order valence-electron chi connectivity index (χ4n) is 5.20. The number of nitrogens with zero attached hydrogens (tertiary/aromatic N) is 1. The van der Waals surface area contributed by atoms with Gasteiger partial charge in [0.25, 0.3) is 0 Å². The highest BCUT2D eigenvalue weighted by atomic mass is 16.5. The second-order valence-electron chi connectivity index (χ2n) is 9.02. The Hall–Kier alpha value is -3.35. The topological polar surface area (TPSA) is 83.4 Å². The number of hydrogen-bond acceptors (Lipinski definition) is 5. The van der Waals surface area contributed by atoms with Crippen molar-refractivity contribution in [3.05, 3.63) is 113 Å². The molecule has 0 saturated heterocycles. The molecular formula is C31H33N3O2. The van der Waals surface area contributed by atoms with Gasteiger partial charge in [-0.1, -0.05) is 72.8 Å². The SMILES string of the molecule is NC[C@@H]1OCCc2c(-c3ccccn3)cccc21.NC[C@H]1OCCc2c(-c3ccccc3)cccc21. The van der Waals surface area contributed by atoms with Gasteiger partial charge in [-0.2, -0.15) is 0 Å². The van der Waals surface area contributed by atoms with Crippen LogP contribution in [0.2, 0.25) is 0 Å². The van der Waals surface area contributed by atoms with Gasteiger partial charge in [-0.05, 0) is 58.4 Å². The molecule has 184 valence electrons. The van der Waals surface area contributed by atoms with Gasteiger partial charge in [0.05, 0.1) is 31.1 Å². The predicted octanol–water partition coefficient (Wildman–Crippen LogP) is 5.25. The molecule has 5 nitrogen and oxygen atoms in total. The molecule has 2 aliphatic rings. The number of aromatic nitrogens is 1. The molecule has 0 saturated carbocycles. The molecule has 0 fully saturated rings. The van der Waals surface area contributed by atoms with Crippen LogP contribution in [0.3, 0.4) is 0 Å². The van der Waals surface area contributed by atoms with Gasteiger partial charge in [0.15, 0.2) is 0 Å². The van der Waals surface area contributed by atoms with E-state index in [1.54, 1.807) is 0 Å². The number of ether oxygens (including phenoxy) is 2. The largest absolute Gasteiger partial charge is 0.372 e. The van der Waals surface area contributed by atoms with E-state index in [4.69, 9.17) is 20.9 Å². The van der Waals surface area contributed by atoms with Gasteiger partial charge >= 0.3 is 0 Å². The average Bonchev–Trinajstić information content (AvgIpc) is 2.97. The third kappa shape index (κ3) is 5.11. The van der Waals surface area contributed by atoms with Gasteiger partial charge in [-0.3, -0.25) is 4.98 Å². The molecule has 0 amide bonds. The van der Waals surface area contributed by atoms with Crippen molar-refractivity contribution in [2.45, 2.75) is 25.0 Å². The summed E-state index contributed by atoms with van der Waals surface area (Å²) in [4.78, 5) is 4.44. The van der Waals surface area contributed by atoms with Gasteiger partial charge in [-0.25, -0.2) is 0 Å². The number of hydrogen-bond donors (Lipinski definition) is 2. The highest BCUT2D eigenvalue weighted by Gasteiger charge is 2.23. The van der Waals surface area contributed by atoms with E-state index in [2.05, 4.69) is 65.6 Å². The smallest absolute Gasteiger partial charge is 0.0950 e. The maximum Gasteiger partial charge on any atom is 0.0950 e. The molecule has 0 aliphatic carbocycles. The monoisotopic (exact) mass is 479 g/mol. The van der Waals surface area contributed by atoms with E-state index in [-0.39, 0.29) is 12.2 Å². The van der Waals surface area contributed by atoms with Crippen molar-refractivity contribution in [1.29, 1.82) is 0 Å². The molecule has 0 unspecified atom stereocenters. The van der Waals surface area contributed by atoms with Crippen LogP contribution in [-0.2, 0) is 22.3 Å². The van der Waals surface area contributed by atoms with Gasteiger partial charge < -0.3 is 20.9 Å². The molecule has 2 aliphatic heterocycles. The fourth-order valence-corrected chi connectivity index (χ4v) is 5.20. The Balaban J connectivity index is 0.000000148. The summed E-state index contributed by atoms with van der Waals surface area (Å²) < 4.78 is 11.4. The fraction of sp³-hybridized carbons (Fsp3) is 0.258. The molecular weight excluding hydrogens is 446 g/mol. The molecule has 36 heavy (non-hydrogen) atoms. The molecule has 2 atom stereocenters. The Morgan fingerprint density at radius 3 is 1.81 bits per heavy atom. The molecule has 0 radical (unpaired) electrons. The summed E-state index contributed by atoms with van der Waals surface area (Å²) in [6.07, 6.45) is 3.80. The Labute approximate surface area is 213 Å². The lowest BCUT2D eigenvalue weighted by Gasteiger charge is -2.27. The van der Waals surface area contributed by atoms with Gasteiger partial charge in [0, 0.05) is 24.8 Å². The van der Waals surface area contributed by atoms with Crippen LogP contribution >= 0.6 is 0 Å². The second kappa shape index (κ2) is 11.6. The first-order chi connectivity index (χ1) is 17.8. The molecule has 4 N–H and O–H groups in total. The zero-order chi connectivity index (χ0) is 24.7. The summed E-state index contributed by atoms with van der Waals surface area (Å²) in [6.45, 7) is 2.57. The van der Waals surface area contributed by atoms with Crippen molar-refractivity contribution in [3.8, 4) is 22.4 Å². The molecule has 0 spiro atoms. The quantitative estimate of drug-likeness (QED) is 0.418. The summed E-state index contributed by atoms with van der Waals surface area (Å²) in [7, 11) is 0. The number of fused-ring (bicyclic) bond motifs is 2. The van der Waals surface area contributed by atoms with Crippen LogP contribution in [0.1, 0.15) is 34.5 Å². The van der Waals surface area contributed by atoms with Crippen molar-refractivity contribution < 1.29 is 9.47 Å². The van der Waals surface area contributed by atoms with Crippen LogP contribution in [-0.4, -0.2) is 31.3 Å². The second-order valence-corrected chi connectivity index (χ2v) is 9.02. The predicted molar refractivity (Wildman–Crippen MR) is 144 cm³/mol. The summed E-state index contributed by atoms with van der Waals surface area (Å²) in [5, 5.41) is 0. The molecule has 3 heterocycles. The molecule has 0 bridgehead atoms. The first kappa shape index (κ1) is 24.3. The highest BCUT2D eigenvalue weighted by Crippen LogP contribution is 2.34. The third-order valence-electron chi connectivity index (χ3n) is 6.91. The first-order valence-electron chi connectivity index (χ1n) is 12.6. The lowest BCUT2D eigenvalue weighted by atomic mass is 9.89. The summed E-state index contributed by atoms with van der Waals surface area (Å²) in [5.41, 5.74) is 21.6. The molecule has 1 aromatic heterocycles. The Morgan fingerprint density at radius 2 is 1.22 bits per heavy atom. The Kier molecular flexibility index (Phi) is 7.84. The lowest BCUT2D eigenvalue weighted by Crippen LogP contribution is -2.23. The number of rotatable bonds is 4. The highest BCUT2D eigenvalue weighted by molar-refractivity contribution is 5.69. The first-order valence-corrected chi connectivity index (χ1v) is 12.6. The van der Waals surface area contributed by atoms with Crippen LogP contribution in [0.15, 0.2) is 91.1 Å². The maximum atomic E-state index is 5.78. The standard InChI is InChI=1S/C16H17NO.C15H16N2O/c17-11-16-15-8-4-7-13(14(15)9-10-18-16)12-5-2-1-3-6-12;16-10-15-13-5-3-4-12(11(13)7-9-18-15)14-6-1-2-8-17-14/h1-8,16H,9-11,17H2;1-6,8,15H,7,9-10,16H2/t16-;15-/m10/s1. The van der Waals surface area contributed by atoms with E-state index in [9.17, 15) is 0 Å². The van der Waals surface area contributed by atoms with Gasteiger partial charge in [-0.15, -0.1) is 0 Å². The molecule has 4 aromatic rings.